The first-order chi connectivity index (χ1) is 10.1. The first-order valence-corrected chi connectivity index (χ1v) is 6.22. The van der Waals surface area contributed by atoms with Crippen molar-refractivity contribution in [2.75, 3.05) is 12.3 Å². The van der Waals surface area contributed by atoms with Gasteiger partial charge in [-0.15, -0.1) is 0 Å². The molecule has 0 amide bonds. The average molecular weight is 309 g/mol. The summed E-state index contributed by atoms with van der Waals surface area (Å²) in [6.07, 6.45) is -1.72. The second-order valence-corrected chi connectivity index (χ2v) is 4.75. The van der Waals surface area contributed by atoms with Gasteiger partial charge in [0, 0.05) is 6.20 Å². The Morgan fingerprint density at radius 2 is 2.09 bits per heavy atom. The van der Waals surface area contributed by atoms with E-state index >= 15 is 0 Å². The number of fused-ring (bicyclic) bond motifs is 1. The molecule has 2 aromatic rings. The van der Waals surface area contributed by atoms with E-state index < -0.39 is 31.1 Å². The van der Waals surface area contributed by atoms with E-state index in [0.29, 0.717) is 11.0 Å². The molecule has 2 aromatic heterocycles. The highest BCUT2D eigenvalue weighted by molar-refractivity contribution is 5.91. The van der Waals surface area contributed by atoms with Crippen LogP contribution in [0.1, 0.15) is 11.8 Å². The van der Waals surface area contributed by atoms with Gasteiger partial charge in [-0.1, -0.05) is 0 Å². The number of ether oxygens (including phenoxy) is 1. The summed E-state index contributed by atoms with van der Waals surface area (Å²) < 4.78 is 6.84. The number of nitrogens with two attached hydrogens (primary N) is 1. The van der Waals surface area contributed by atoms with Crippen LogP contribution in [0.4, 0.5) is 5.82 Å². The van der Waals surface area contributed by atoms with Gasteiger partial charge in [0.2, 0.25) is 0 Å². The van der Waals surface area contributed by atoms with Gasteiger partial charge in [-0.25, -0.2) is 9.97 Å². The van der Waals surface area contributed by atoms with Crippen molar-refractivity contribution in [3.05, 3.63) is 18.1 Å². The molecule has 0 aromatic carbocycles. The molecule has 7 N–H and O–H groups in total. The molecule has 0 aliphatic carbocycles. The van der Waals surface area contributed by atoms with Gasteiger partial charge in [0.1, 0.15) is 42.2 Å². The zero-order valence-electron chi connectivity index (χ0n) is 11.3. The molecule has 118 valence electrons. The molecular formula is C12H15N5O5. The SMILES string of the molecule is N#Cc1cn([C@@H]2O[C@H](CO)[C@@H](O)[C@H]2O)c2ncnc(N)c12.O. The van der Waals surface area contributed by atoms with Gasteiger partial charge in [0.25, 0.3) is 0 Å². The third kappa shape index (κ3) is 2.17. The van der Waals surface area contributed by atoms with E-state index in [1.54, 1.807) is 0 Å². The Balaban J connectivity index is 0.00000176. The minimum absolute atomic E-state index is 0. The van der Waals surface area contributed by atoms with E-state index in [1.807, 2.05) is 6.07 Å². The van der Waals surface area contributed by atoms with Crippen LogP contribution in [0.25, 0.3) is 11.0 Å². The van der Waals surface area contributed by atoms with E-state index in [9.17, 15) is 10.2 Å². The summed E-state index contributed by atoms with van der Waals surface area (Å²) in [5.41, 5.74) is 6.30. The van der Waals surface area contributed by atoms with Crippen molar-refractivity contribution in [2.24, 2.45) is 0 Å². The summed E-state index contributed by atoms with van der Waals surface area (Å²) in [5, 5.41) is 38.5. The monoisotopic (exact) mass is 309 g/mol. The lowest BCUT2D eigenvalue weighted by Gasteiger charge is -2.17. The predicted octanol–water partition coefficient (Wildman–Crippen LogP) is -2.33. The Morgan fingerprint density at radius 1 is 1.36 bits per heavy atom. The number of aliphatic hydroxyl groups excluding tert-OH is 3. The number of nitrogen functional groups attached to an aromatic ring is 1. The lowest BCUT2D eigenvalue weighted by Crippen LogP contribution is -2.33. The zero-order chi connectivity index (χ0) is 15.1. The molecule has 0 bridgehead atoms. The largest absolute Gasteiger partial charge is 0.412 e. The Morgan fingerprint density at radius 3 is 2.68 bits per heavy atom. The first-order valence-electron chi connectivity index (χ1n) is 6.22. The molecular weight excluding hydrogens is 294 g/mol. The van der Waals surface area contributed by atoms with E-state index in [-0.39, 0.29) is 16.9 Å². The van der Waals surface area contributed by atoms with Crippen LogP contribution in [0, 0.1) is 11.3 Å². The van der Waals surface area contributed by atoms with Gasteiger partial charge < -0.3 is 35.8 Å². The minimum Gasteiger partial charge on any atom is -0.412 e. The number of hydrogen-bond donors (Lipinski definition) is 4. The molecule has 0 unspecified atom stereocenters. The van der Waals surface area contributed by atoms with Crippen molar-refractivity contribution in [2.45, 2.75) is 24.5 Å². The predicted molar refractivity (Wildman–Crippen MR) is 73.3 cm³/mol. The molecule has 0 spiro atoms. The van der Waals surface area contributed by atoms with Gasteiger partial charge in [-0.05, 0) is 0 Å². The molecule has 4 atom stereocenters. The fraction of sp³-hybridized carbons (Fsp3) is 0.417. The van der Waals surface area contributed by atoms with Crippen molar-refractivity contribution in [1.82, 2.24) is 14.5 Å². The number of hydrogen-bond acceptors (Lipinski definition) is 8. The Hall–Kier alpha value is -2.29. The van der Waals surface area contributed by atoms with Crippen molar-refractivity contribution in [3.8, 4) is 6.07 Å². The lowest BCUT2D eigenvalue weighted by atomic mass is 10.1. The molecule has 1 aliphatic rings. The average Bonchev–Trinajstić information content (AvgIpc) is 2.99. The highest BCUT2D eigenvalue weighted by Crippen LogP contribution is 2.34. The van der Waals surface area contributed by atoms with Gasteiger partial charge in [-0.2, -0.15) is 5.26 Å². The molecule has 1 fully saturated rings. The van der Waals surface area contributed by atoms with Crippen LogP contribution in [0.2, 0.25) is 0 Å². The van der Waals surface area contributed by atoms with Crippen LogP contribution < -0.4 is 5.73 Å². The Labute approximate surface area is 124 Å². The summed E-state index contributed by atoms with van der Waals surface area (Å²) in [5.74, 6) is 0.141. The second-order valence-electron chi connectivity index (χ2n) is 4.75. The van der Waals surface area contributed by atoms with Gasteiger partial charge in [0.15, 0.2) is 6.23 Å². The molecule has 0 radical (unpaired) electrons. The number of nitriles is 1. The van der Waals surface area contributed by atoms with E-state index in [2.05, 4.69) is 9.97 Å². The van der Waals surface area contributed by atoms with Crippen LogP contribution in [0.3, 0.4) is 0 Å². The molecule has 1 aliphatic heterocycles. The van der Waals surface area contributed by atoms with Crippen LogP contribution in [-0.2, 0) is 4.74 Å². The van der Waals surface area contributed by atoms with Crippen LogP contribution >= 0.6 is 0 Å². The number of anilines is 1. The van der Waals surface area contributed by atoms with Crippen molar-refractivity contribution < 1.29 is 25.5 Å². The minimum atomic E-state index is -1.26. The van der Waals surface area contributed by atoms with Crippen LogP contribution in [-0.4, -0.2) is 60.2 Å². The maximum atomic E-state index is 10.1. The molecule has 10 heteroatoms. The van der Waals surface area contributed by atoms with Gasteiger partial charge in [-0.3, -0.25) is 0 Å². The molecule has 1 saturated heterocycles. The second kappa shape index (κ2) is 5.84. The van der Waals surface area contributed by atoms with Crippen molar-refractivity contribution in [3.63, 3.8) is 0 Å². The summed E-state index contributed by atoms with van der Waals surface area (Å²) in [7, 11) is 0. The van der Waals surface area contributed by atoms with Crippen molar-refractivity contribution in [1.29, 1.82) is 5.26 Å². The number of rotatable bonds is 2. The van der Waals surface area contributed by atoms with E-state index in [1.165, 1.54) is 17.1 Å². The molecule has 0 saturated carbocycles. The fourth-order valence-electron chi connectivity index (χ4n) is 2.50. The third-order valence-corrected chi connectivity index (χ3v) is 3.55. The molecule has 3 heterocycles. The first kappa shape index (κ1) is 16.1. The number of nitrogens with zero attached hydrogens (tertiary/aromatic N) is 4. The lowest BCUT2D eigenvalue weighted by molar-refractivity contribution is -0.0508. The summed E-state index contributed by atoms with van der Waals surface area (Å²) in [6.45, 7) is -0.434. The fourth-order valence-corrected chi connectivity index (χ4v) is 2.50. The summed E-state index contributed by atoms with van der Waals surface area (Å²) in [6, 6.07) is 1.98. The van der Waals surface area contributed by atoms with E-state index in [0.717, 1.165) is 0 Å². The number of aromatic nitrogens is 3. The van der Waals surface area contributed by atoms with E-state index in [4.69, 9.17) is 20.8 Å². The standard InChI is InChI=1S/C12H13N5O4.H2O/c13-1-5-2-17(11-7(5)10(14)15-4-16-11)12-9(20)8(19)6(3-18)21-12;/h2,4,6,8-9,12,18-20H,3H2,(H2,14,15,16);1H2/t6-,8-,9-,12-;/m1./s1. The number of aliphatic hydroxyl groups is 3. The highest BCUT2D eigenvalue weighted by Gasteiger charge is 2.44. The normalized spacial score (nSPS) is 27.5. The Bertz CT molecular complexity index is 727. The molecule has 10 nitrogen and oxygen atoms in total. The summed E-state index contributed by atoms with van der Waals surface area (Å²) >= 11 is 0. The maximum absolute atomic E-state index is 10.1. The topological polar surface area (TPSA) is 182 Å². The highest BCUT2D eigenvalue weighted by atomic mass is 16.6. The third-order valence-electron chi connectivity index (χ3n) is 3.55. The molecule has 22 heavy (non-hydrogen) atoms. The van der Waals surface area contributed by atoms with Gasteiger partial charge >= 0.3 is 0 Å². The molecule has 3 rings (SSSR count). The quantitative estimate of drug-likeness (QED) is 0.476. The van der Waals surface area contributed by atoms with Gasteiger partial charge in [0.05, 0.1) is 17.6 Å². The maximum Gasteiger partial charge on any atom is 0.164 e. The Kier molecular flexibility index (Phi) is 4.27. The smallest absolute Gasteiger partial charge is 0.164 e. The van der Waals surface area contributed by atoms with Crippen LogP contribution in [0.5, 0.6) is 0 Å². The summed E-state index contributed by atoms with van der Waals surface area (Å²) in [4.78, 5) is 7.88. The zero-order valence-corrected chi connectivity index (χ0v) is 11.3. The van der Waals surface area contributed by atoms with Crippen molar-refractivity contribution >= 4 is 16.9 Å². The van der Waals surface area contributed by atoms with Crippen LogP contribution in [0.15, 0.2) is 12.5 Å².